The van der Waals surface area contributed by atoms with Gasteiger partial charge in [0.15, 0.2) is 0 Å². The van der Waals surface area contributed by atoms with Gasteiger partial charge in [0.25, 0.3) is 5.91 Å². The summed E-state index contributed by atoms with van der Waals surface area (Å²) in [6.45, 7) is 1.04. The Labute approximate surface area is 128 Å². The van der Waals surface area contributed by atoms with Crippen LogP contribution in [0, 0.1) is 0 Å². The van der Waals surface area contributed by atoms with Crippen molar-refractivity contribution in [3.8, 4) is 5.75 Å². The molecule has 21 heavy (non-hydrogen) atoms. The first-order valence-corrected chi connectivity index (χ1v) is 6.92. The number of aromatic nitrogens is 1. The first kappa shape index (κ1) is 15.1. The van der Waals surface area contributed by atoms with E-state index in [0.29, 0.717) is 25.1 Å². The number of amides is 1. The fourth-order valence-electron chi connectivity index (χ4n) is 1.73. The van der Waals surface area contributed by atoms with Gasteiger partial charge in [-0.2, -0.15) is 0 Å². The lowest BCUT2D eigenvalue weighted by atomic mass is 10.2. The van der Waals surface area contributed by atoms with Crippen LogP contribution in [-0.2, 0) is 0 Å². The number of benzene rings is 1. The topological polar surface area (TPSA) is 77.2 Å². The van der Waals surface area contributed by atoms with Crippen LogP contribution in [0.4, 0.5) is 5.82 Å². The molecule has 110 valence electrons. The molecule has 0 aliphatic carbocycles. The van der Waals surface area contributed by atoms with Crippen molar-refractivity contribution in [2.45, 2.75) is 6.42 Å². The van der Waals surface area contributed by atoms with Crippen LogP contribution in [0.2, 0.25) is 5.15 Å². The van der Waals surface area contributed by atoms with E-state index in [1.54, 1.807) is 0 Å². The molecule has 2 aromatic rings. The van der Waals surface area contributed by atoms with Crippen molar-refractivity contribution in [3.05, 3.63) is 53.2 Å². The second-order valence-corrected chi connectivity index (χ2v) is 4.76. The Morgan fingerprint density at radius 2 is 2.05 bits per heavy atom. The van der Waals surface area contributed by atoms with Crippen LogP contribution >= 0.6 is 11.6 Å². The SMILES string of the molecule is Nc1cc(C(=O)NCCCOc2ccccc2)cc(Cl)n1. The van der Waals surface area contributed by atoms with E-state index in [-0.39, 0.29) is 16.9 Å². The molecule has 1 amide bonds. The highest BCUT2D eigenvalue weighted by molar-refractivity contribution is 6.29. The second kappa shape index (κ2) is 7.50. The molecule has 0 saturated heterocycles. The molecule has 0 saturated carbocycles. The molecule has 0 bridgehead atoms. The third kappa shape index (κ3) is 4.96. The van der Waals surface area contributed by atoms with E-state index in [9.17, 15) is 4.79 Å². The van der Waals surface area contributed by atoms with Gasteiger partial charge in [-0.3, -0.25) is 4.79 Å². The van der Waals surface area contributed by atoms with Gasteiger partial charge in [0.2, 0.25) is 0 Å². The molecular formula is C15H16ClN3O2. The lowest BCUT2D eigenvalue weighted by Gasteiger charge is -2.08. The number of nitrogens with one attached hydrogen (secondary N) is 1. The number of hydrogen-bond acceptors (Lipinski definition) is 4. The van der Waals surface area contributed by atoms with Crippen LogP contribution in [0.1, 0.15) is 16.8 Å². The molecule has 0 aliphatic heterocycles. The molecule has 3 N–H and O–H groups in total. The van der Waals surface area contributed by atoms with Crippen molar-refractivity contribution in [2.75, 3.05) is 18.9 Å². The highest BCUT2D eigenvalue weighted by Gasteiger charge is 2.07. The van der Waals surface area contributed by atoms with Crippen LogP contribution < -0.4 is 15.8 Å². The van der Waals surface area contributed by atoms with Crippen LogP contribution in [0.25, 0.3) is 0 Å². The summed E-state index contributed by atoms with van der Waals surface area (Å²) >= 11 is 5.75. The van der Waals surface area contributed by atoms with Gasteiger partial charge in [-0.1, -0.05) is 29.8 Å². The van der Waals surface area contributed by atoms with Gasteiger partial charge in [0.05, 0.1) is 6.61 Å². The maximum absolute atomic E-state index is 11.9. The van der Waals surface area contributed by atoms with Gasteiger partial charge in [0.1, 0.15) is 16.7 Å². The number of para-hydroxylation sites is 1. The van der Waals surface area contributed by atoms with Gasteiger partial charge in [-0.05, 0) is 30.7 Å². The molecule has 0 unspecified atom stereocenters. The largest absolute Gasteiger partial charge is 0.494 e. The Hall–Kier alpha value is -2.27. The molecule has 1 heterocycles. The molecule has 0 fully saturated rings. The summed E-state index contributed by atoms with van der Waals surface area (Å²) in [7, 11) is 0. The number of nitrogen functional groups attached to an aromatic ring is 1. The molecular weight excluding hydrogens is 290 g/mol. The van der Waals surface area contributed by atoms with Crippen molar-refractivity contribution < 1.29 is 9.53 Å². The fraction of sp³-hybridized carbons (Fsp3) is 0.200. The molecule has 2 rings (SSSR count). The Morgan fingerprint density at radius 1 is 1.29 bits per heavy atom. The van der Waals surface area contributed by atoms with E-state index in [0.717, 1.165) is 5.75 Å². The standard InChI is InChI=1S/C15H16ClN3O2/c16-13-9-11(10-14(17)19-13)15(20)18-7-4-8-21-12-5-2-1-3-6-12/h1-3,5-6,9-10H,4,7-8H2,(H2,17,19)(H,18,20). The highest BCUT2D eigenvalue weighted by Crippen LogP contribution is 2.12. The predicted octanol–water partition coefficient (Wildman–Crippen LogP) is 2.52. The van der Waals surface area contributed by atoms with Gasteiger partial charge < -0.3 is 15.8 Å². The van der Waals surface area contributed by atoms with E-state index < -0.39 is 0 Å². The van der Waals surface area contributed by atoms with Crippen LogP contribution in [-0.4, -0.2) is 24.0 Å². The average molecular weight is 306 g/mol. The molecule has 0 aliphatic rings. The summed E-state index contributed by atoms with van der Waals surface area (Å²) in [5, 5.41) is 2.98. The fourth-order valence-corrected chi connectivity index (χ4v) is 1.95. The molecule has 1 aromatic carbocycles. The molecule has 6 heteroatoms. The van der Waals surface area contributed by atoms with Crippen molar-refractivity contribution >= 4 is 23.3 Å². The molecule has 1 aromatic heterocycles. The number of anilines is 1. The van der Waals surface area contributed by atoms with Gasteiger partial charge in [0, 0.05) is 12.1 Å². The number of ether oxygens (including phenoxy) is 1. The molecule has 5 nitrogen and oxygen atoms in total. The summed E-state index contributed by atoms with van der Waals surface area (Å²) in [6, 6.07) is 12.5. The number of halogens is 1. The number of rotatable bonds is 6. The maximum Gasteiger partial charge on any atom is 0.251 e. The monoisotopic (exact) mass is 305 g/mol. The lowest BCUT2D eigenvalue weighted by Crippen LogP contribution is -2.25. The second-order valence-electron chi connectivity index (χ2n) is 4.37. The van der Waals surface area contributed by atoms with E-state index in [4.69, 9.17) is 22.1 Å². The van der Waals surface area contributed by atoms with Crippen LogP contribution in [0.3, 0.4) is 0 Å². The van der Waals surface area contributed by atoms with Crippen LogP contribution in [0.15, 0.2) is 42.5 Å². The first-order chi connectivity index (χ1) is 10.1. The summed E-state index contributed by atoms with van der Waals surface area (Å²) in [5.41, 5.74) is 5.94. The normalized spacial score (nSPS) is 10.1. The molecule has 0 atom stereocenters. The maximum atomic E-state index is 11.9. The van der Waals surface area contributed by atoms with Crippen molar-refractivity contribution in [2.24, 2.45) is 0 Å². The Morgan fingerprint density at radius 3 is 2.76 bits per heavy atom. The average Bonchev–Trinajstić information content (AvgIpc) is 2.47. The third-order valence-electron chi connectivity index (χ3n) is 2.69. The van der Waals surface area contributed by atoms with Gasteiger partial charge >= 0.3 is 0 Å². The molecule has 0 spiro atoms. The van der Waals surface area contributed by atoms with E-state index in [1.807, 2.05) is 30.3 Å². The number of hydrogen-bond donors (Lipinski definition) is 2. The lowest BCUT2D eigenvalue weighted by molar-refractivity contribution is 0.0951. The smallest absolute Gasteiger partial charge is 0.251 e. The predicted molar refractivity (Wildman–Crippen MR) is 82.5 cm³/mol. The summed E-state index contributed by atoms with van der Waals surface area (Å²) in [4.78, 5) is 15.7. The highest BCUT2D eigenvalue weighted by atomic mass is 35.5. The Kier molecular flexibility index (Phi) is 5.40. The quantitative estimate of drug-likeness (QED) is 0.635. The minimum atomic E-state index is -0.231. The molecule has 0 radical (unpaired) electrons. The van der Waals surface area contributed by atoms with Crippen molar-refractivity contribution in [1.29, 1.82) is 0 Å². The summed E-state index contributed by atoms with van der Waals surface area (Å²) in [6.07, 6.45) is 0.703. The Balaban J connectivity index is 1.72. The van der Waals surface area contributed by atoms with Gasteiger partial charge in [-0.15, -0.1) is 0 Å². The Bertz CT molecular complexity index is 585. The zero-order valence-electron chi connectivity index (χ0n) is 11.4. The van der Waals surface area contributed by atoms with E-state index >= 15 is 0 Å². The third-order valence-corrected chi connectivity index (χ3v) is 2.89. The number of nitrogens with two attached hydrogens (primary N) is 1. The number of nitrogens with zero attached hydrogens (tertiary/aromatic N) is 1. The first-order valence-electron chi connectivity index (χ1n) is 6.54. The number of pyridine rings is 1. The van der Waals surface area contributed by atoms with Gasteiger partial charge in [-0.25, -0.2) is 4.98 Å². The zero-order chi connectivity index (χ0) is 15.1. The summed E-state index contributed by atoms with van der Waals surface area (Å²) in [5.74, 6) is 0.809. The van der Waals surface area contributed by atoms with Crippen molar-refractivity contribution in [1.82, 2.24) is 10.3 Å². The minimum absolute atomic E-state index is 0.201. The van der Waals surface area contributed by atoms with Crippen LogP contribution in [0.5, 0.6) is 5.75 Å². The summed E-state index contributed by atoms with van der Waals surface area (Å²) < 4.78 is 5.53. The van der Waals surface area contributed by atoms with E-state index in [1.165, 1.54) is 12.1 Å². The zero-order valence-corrected chi connectivity index (χ0v) is 12.1. The number of carbonyl (C=O) groups excluding carboxylic acids is 1. The van der Waals surface area contributed by atoms with Crippen molar-refractivity contribution in [3.63, 3.8) is 0 Å². The van der Waals surface area contributed by atoms with E-state index in [2.05, 4.69) is 10.3 Å². The number of carbonyl (C=O) groups is 1. The minimum Gasteiger partial charge on any atom is -0.494 e.